The number of carbonyl (C=O) groups is 3. The monoisotopic (exact) mass is 462 g/mol. The molecule has 0 bridgehead atoms. The third kappa shape index (κ3) is 9.02. The Morgan fingerprint density at radius 3 is 2.32 bits per heavy atom. The summed E-state index contributed by atoms with van der Waals surface area (Å²) in [5, 5.41) is 5.97. The first kappa shape index (κ1) is 24.8. The van der Waals surface area contributed by atoms with Gasteiger partial charge in [0.15, 0.2) is 0 Å². The number of hydrogen-bond acceptors (Lipinski definition) is 5. The number of nitrogens with one attached hydrogen (secondary N) is 2. The average molecular weight is 463 g/mol. The molecule has 2 aromatic rings. The molecule has 8 heteroatoms. The van der Waals surface area contributed by atoms with E-state index in [1.54, 1.807) is 0 Å². The molecule has 1 unspecified atom stereocenters. The van der Waals surface area contributed by atoms with Crippen molar-refractivity contribution >= 4 is 41.6 Å². The van der Waals surface area contributed by atoms with Crippen LogP contribution < -0.4 is 10.6 Å². The number of aldehydes is 1. The van der Waals surface area contributed by atoms with Gasteiger partial charge in [0, 0.05) is 16.5 Å². The summed E-state index contributed by atoms with van der Waals surface area (Å²) in [6.07, 6.45) is 0.0233. The molecule has 0 aliphatic rings. The summed E-state index contributed by atoms with van der Waals surface area (Å²) in [4.78, 5) is 36.3. The molecule has 166 valence electrons. The van der Waals surface area contributed by atoms with E-state index >= 15 is 0 Å². The quantitative estimate of drug-likeness (QED) is 0.489. The van der Waals surface area contributed by atoms with Crippen LogP contribution in [0.25, 0.3) is 0 Å². The van der Waals surface area contributed by atoms with Crippen molar-refractivity contribution in [2.75, 3.05) is 5.75 Å². The minimum absolute atomic E-state index is 0.109. The van der Waals surface area contributed by atoms with Gasteiger partial charge in [0.2, 0.25) is 5.91 Å². The second kappa shape index (κ2) is 13.0. The minimum atomic E-state index is -0.813. The molecule has 2 N–H and O–H groups in total. The number of benzene rings is 2. The zero-order chi connectivity index (χ0) is 22.6. The minimum Gasteiger partial charge on any atom is -0.445 e. The Hall–Kier alpha value is -2.51. The molecule has 2 aromatic carbocycles. The number of ether oxygens (including phenoxy) is 1. The fourth-order valence-electron chi connectivity index (χ4n) is 2.70. The zero-order valence-corrected chi connectivity index (χ0v) is 19.1. The number of hydrogen-bond donors (Lipinski definition) is 2. The van der Waals surface area contributed by atoms with E-state index in [9.17, 15) is 14.4 Å². The lowest BCUT2D eigenvalue weighted by Crippen LogP contribution is -2.53. The van der Waals surface area contributed by atoms with Gasteiger partial charge in [0.1, 0.15) is 18.9 Å². The number of alkyl carbamates (subject to hydrolysis) is 1. The Morgan fingerprint density at radius 2 is 1.71 bits per heavy atom. The Labute approximate surface area is 192 Å². The normalized spacial score (nSPS) is 12.6. The summed E-state index contributed by atoms with van der Waals surface area (Å²) in [7, 11) is 0. The van der Waals surface area contributed by atoms with Gasteiger partial charge in [-0.05, 0) is 29.2 Å². The Morgan fingerprint density at radius 1 is 1.03 bits per heavy atom. The highest BCUT2D eigenvalue weighted by Gasteiger charge is 2.26. The first-order valence-corrected chi connectivity index (χ1v) is 11.5. The van der Waals surface area contributed by atoms with E-state index in [-0.39, 0.29) is 12.5 Å². The Bertz CT molecular complexity index is 846. The summed E-state index contributed by atoms with van der Waals surface area (Å²) >= 11 is 7.40. The molecule has 6 nitrogen and oxygen atoms in total. The largest absolute Gasteiger partial charge is 0.445 e. The Balaban J connectivity index is 1.82. The van der Waals surface area contributed by atoms with Crippen LogP contribution in [0.1, 0.15) is 25.0 Å². The topological polar surface area (TPSA) is 84.5 Å². The lowest BCUT2D eigenvalue weighted by atomic mass is 10.0. The highest BCUT2D eigenvalue weighted by Crippen LogP contribution is 2.16. The number of thioether (sulfide) groups is 1. The van der Waals surface area contributed by atoms with Gasteiger partial charge in [0.25, 0.3) is 0 Å². The molecule has 0 radical (unpaired) electrons. The molecule has 0 aliphatic carbocycles. The maximum absolute atomic E-state index is 12.7. The van der Waals surface area contributed by atoms with Gasteiger partial charge in [-0.25, -0.2) is 4.79 Å². The predicted octanol–water partition coefficient (Wildman–Crippen LogP) is 4.21. The SMILES string of the molecule is CC(C)[C@@H](NC(=O)OCc1ccccc1)C(=O)NC(C=O)CSCc1ccc(Cl)cc1. The second-order valence-corrected chi connectivity index (χ2v) is 8.79. The van der Waals surface area contributed by atoms with E-state index in [1.165, 1.54) is 11.8 Å². The van der Waals surface area contributed by atoms with Crippen LogP contribution in [0.5, 0.6) is 0 Å². The van der Waals surface area contributed by atoms with E-state index in [1.807, 2.05) is 68.4 Å². The van der Waals surface area contributed by atoms with Gasteiger partial charge in [-0.2, -0.15) is 11.8 Å². The van der Waals surface area contributed by atoms with E-state index in [2.05, 4.69) is 10.6 Å². The van der Waals surface area contributed by atoms with Crippen molar-refractivity contribution in [3.63, 3.8) is 0 Å². The summed E-state index contributed by atoms with van der Waals surface area (Å²) in [6, 6.07) is 15.3. The van der Waals surface area contributed by atoms with Crippen LogP contribution in [0.4, 0.5) is 4.79 Å². The van der Waals surface area contributed by atoms with Gasteiger partial charge < -0.3 is 20.2 Å². The van der Waals surface area contributed by atoms with Crippen LogP contribution >= 0.6 is 23.4 Å². The van der Waals surface area contributed by atoms with Gasteiger partial charge in [-0.3, -0.25) is 4.79 Å². The molecular formula is C23H27ClN2O4S. The number of halogens is 1. The molecule has 0 heterocycles. The number of carbonyl (C=O) groups excluding carboxylic acids is 3. The maximum atomic E-state index is 12.7. The fourth-order valence-corrected chi connectivity index (χ4v) is 3.79. The second-order valence-electron chi connectivity index (χ2n) is 7.32. The zero-order valence-electron chi connectivity index (χ0n) is 17.5. The number of amides is 2. The van der Waals surface area contributed by atoms with Gasteiger partial charge in [-0.15, -0.1) is 0 Å². The highest BCUT2D eigenvalue weighted by atomic mass is 35.5. The van der Waals surface area contributed by atoms with Crippen LogP contribution in [0, 0.1) is 5.92 Å². The molecule has 2 rings (SSSR count). The van der Waals surface area contributed by atoms with Crippen molar-refractivity contribution in [2.24, 2.45) is 5.92 Å². The van der Waals surface area contributed by atoms with Crippen LogP contribution in [0.15, 0.2) is 54.6 Å². The molecule has 2 atom stereocenters. The van der Waals surface area contributed by atoms with E-state index < -0.39 is 24.1 Å². The van der Waals surface area contributed by atoms with Crippen molar-refractivity contribution in [3.8, 4) is 0 Å². The lowest BCUT2D eigenvalue weighted by molar-refractivity contribution is -0.126. The summed E-state index contributed by atoms with van der Waals surface area (Å²) in [5.41, 5.74) is 1.93. The lowest BCUT2D eigenvalue weighted by Gasteiger charge is -2.23. The Kier molecular flexibility index (Phi) is 10.4. The first-order chi connectivity index (χ1) is 14.9. The summed E-state index contributed by atoms with van der Waals surface area (Å²) < 4.78 is 5.20. The van der Waals surface area contributed by atoms with E-state index in [0.29, 0.717) is 22.8 Å². The fraction of sp³-hybridized carbons (Fsp3) is 0.348. The molecule has 0 saturated heterocycles. The van der Waals surface area contributed by atoms with E-state index in [4.69, 9.17) is 16.3 Å². The summed E-state index contributed by atoms with van der Waals surface area (Å²) in [6.45, 7) is 3.73. The molecule has 0 spiro atoms. The standard InChI is InChI=1S/C23H27ClN2O4S/c1-16(2)21(26-23(29)30-13-17-6-4-3-5-7-17)22(28)25-20(12-27)15-31-14-18-8-10-19(24)11-9-18/h3-12,16,20-21H,13-15H2,1-2H3,(H,25,28)(H,26,29)/t20?,21-/m1/s1. The third-order valence-corrected chi connectivity index (χ3v) is 5.79. The smallest absolute Gasteiger partial charge is 0.408 e. The highest BCUT2D eigenvalue weighted by molar-refractivity contribution is 7.98. The average Bonchev–Trinajstić information content (AvgIpc) is 2.77. The van der Waals surface area contributed by atoms with Crippen molar-refractivity contribution in [3.05, 3.63) is 70.7 Å². The van der Waals surface area contributed by atoms with Crippen molar-refractivity contribution < 1.29 is 19.1 Å². The van der Waals surface area contributed by atoms with Crippen molar-refractivity contribution in [1.29, 1.82) is 0 Å². The molecular weight excluding hydrogens is 436 g/mol. The van der Waals surface area contributed by atoms with Crippen LogP contribution in [-0.4, -0.2) is 36.1 Å². The predicted molar refractivity (Wildman–Crippen MR) is 124 cm³/mol. The number of rotatable bonds is 11. The molecule has 0 aromatic heterocycles. The molecule has 0 fully saturated rings. The van der Waals surface area contributed by atoms with E-state index in [0.717, 1.165) is 11.1 Å². The molecule has 31 heavy (non-hydrogen) atoms. The van der Waals surface area contributed by atoms with Crippen LogP contribution in [-0.2, 0) is 26.7 Å². The van der Waals surface area contributed by atoms with Crippen LogP contribution in [0.2, 0.25) is 5.02 Å². The molecule has 0 aliphatic heterocycles. The van der Waals surface area contributed by atoms with Crippen molar-refractivity contribution in [2.45, 2.75) is 38.3 Å². The third-order valence-electron chi connectivity index (χ3n) is 4.41. The maximum Gasteiger partial charge on any atom is 0.408 e. The van der Waals surface area contributed by atoms with Crippen LogP contribution in [0.3, 0.4) is 0 Å². The molecule has 2 amide bonds. The van der Waals surface area contributed by atoms with Gasteiger partial charge in [0.05, 0.1) is 6.04 Å². The molecule has 0 saturated carbocycles. The van der Waals surface area contributed by atoms with Gasteiger partial charge in [-0.1, -0.05) is 67.9 Å². The first-order valence-electron chi connectivity index (χ1n) is 9.94. The summed E-state index contributed by atoms with van der Waals surface area (Å²) in [5.74, 6) is 0.505. The van der Waals surface area contributed by atoms with Gasteiger partial charge >= 0.3 is 6.09 Å². The van der Waals surface area contributed by atoms with Crippen molar-refractivity contribution in [1.82, 2.24) is 10.6 Å².